The second-order valence-electron chi connectivity index (χ2n) is 5.97. The first kappa shape index (κ1) is 16.2. The minimum Gasteiger partial charge on any atom is -0.400 e. The number of halogens is 1. The van der Waals surface area contributed by atoms with Gasteiger partial charge in [0.2, 0.25) is 0 Å². The summed E-state index contributed by atoms with van der Waals surface area (Å²) in [5.74, 6) is 0.280. The van der Waals surface area contributed by atoms with Crippen LogP contribution >= 0.6 is 11.6 Å². The van der Waals surface area contributed by atoms with Crippen LogP contribution in [0.1, 0.15) is 33.4 Å². The van der Waals surface area contributed by atoms with Crippen LogP contribution < -0.4 is 11.5 Å². The molecule has 21 heavy (non-hydrogen) atoms. The molecule has 0 saturated carbocycles. The minimum absolute atomic E-state index is 0.254. The molecule has 6 nitrogen and oxygen atoms in total. The first-order valence-electron chi connectivity index (χ1n) is 6.70. The third-order valence-electron chi connectivity index (χ3n) is 3.91. The SMILES string of the molecule is CC1(C)OB(C(=Cc2nc(Cl)cnc2N)CN)OC1(C)C. The number of aromatic nitrogens is 2. The average Bonchev–Trinajstić information content (AvgIpc) is 2.59. The molecule has 8 heteroatoms. The lowest BCUT2D eigenvalue weighted by atomic mass is 9.77. The number of hydrogen-bond acceptors (Lipinski definition) is 6. The molecule has 0 aliphatic carbocycles. The minimum atomic E-state index is -0.541. The lowest BCUT2D eigenvalue weighted by molar-refractivity contribution is 0.00578. The van der Waals surface area contributed by atoms with Gasteiger partial charge in [-0.2, -0.15) is 0 Å². The predicted octanol–water partition coefficient (Wildman–Crippen LogP) is 1.69. The van der Waals surface area contributed by atoms with Crippen molar-refractivity contribution in [3.05, 3.63) is 22.5 Å². The topological polar surface area (TPSA) is 96.3 Å². The number of hydrogen-bond donors (Lipinski definition) is 2. The summed E-state index contributed by atoms with van der Waals surface area (Å²) in [5, 5.41) is 0.265. The third kappa shape index (κ3) is 3.21. The van der Waals surface area contributed by atoms with Gasteiger partial charge in [-0.3, -0.25) is 0 Å². The zero-order valence-corrected chi connectivity index (χ0v) is 13.4. The van der Waals surface area contributed by atoms with Gasteiger partial charge in [-0.15, -0.1) is 0 Å². The van der Waals surface area contributed by atoms with E-state index in [0.717, 1.165) is 5.47 Å². The Bertz CT molecular complexity index is 561. The Labute approximate surface area is 130 Å². The van der Waals surface area contributed by atoms with Crippen molar-refractivity contribution < 1.29 is 9.31 Å². The zero-order valence-electron chi connectivity index (χ0n) is 12.7. The number of nitrogens with two attached hydrogens (primary N) is 2. The highest BCUT2D eigenvalue weighted by molar-refractivity contribution is 6.55. The second kappa shape index (κ2) is 5.57. The van der Waals surface area contributed by atoms with Crippen molar-refractivity contribution >= 4 is 30.6 Å². The van der Waals surface area contributed by atoms with E-state index in [1.165, 1.54) is 6.20 Å². The third-order valence-corrected chi connectivity index (χ3v) is 4.10. The Balaban J connectivity index is 2.33. The van der Waals surface area contributed by atoms with Gasteiger partial charge in [-0.1, -0.05) is 11.6 Å². The maximum absolute atomic E-state index is 5.97. The fraction of sp³-hybridized carbons (Fsp3) is 0.538. The molecule has 0 bridgehead atoms. The summed E-state index contributed by atoms with van der Waals surface area (Å²) in [6, 6.07) is 0. The molecule has 4 N–H and O–H groups in total. The van der Waals surface area contributed by atoms with Gasteiger partial charge in [-0.25, -0.2) is 9.97 Å². The van der Waals surface area contributed by atoms with Crippen LogP contribution in [-0.4, -0.2) is 34.8 Å². The normalized spacial score (nSPS) is 20.9. The van der Waals surface area contributed by atoms with Crippen molar-refractivity contribution in [2.45, 2.75) is 38.9 Å². The molecule has 0 amide bonds. The van der Waals surface area contributed by atoms with Gasteiger partial charge in [0.25, 0.3) is 0 Å². The van der Waals surface area contributed by atoms with Gasteiger partial charge in [-0.05, 0) is 39.2 Å². The highest BCUT2D eigenvalue weighted by Crippen LogP contribution is 2.38. The lowest BCUT2D eigenvalue weighted by Gasteiger charge is -2.32. The number of anilines is 1. The Morgan fingerprint density at radius 3 is 2.43 bits per heavy atom. The van der Waals surface area contributed by atoms with Gasteiger partial charge in [0, 0.05) is 6.54 Å². The largest absolute Gasteiger partial charge is 0.491 e. The fourth-order valence-electron chi connectivity index (χ4n) is 1.89. The van der Waals surface area contributed by atoms with Crippen molar-refractivity contribution in [3.8, 4) is 0 Å². The van der Waals surface area contributed by atoms with Crippen molar-refractivity contribution in [1.82, 2.24) is 9.97 Å². The molecule has 1 aromatic heterocycles. The number of nitrogen functional groups attached to an aromatic ring is 1. The fourth-order valence-corrected chi connectivity index (χ4v) is 2.03. The lowest BCUT2D eigenvalue weighted by Crippen LogP contribution is -2.41. The quantitative estimate of drug-likeness (QED) is 0.825. The van der Waals surface area contributed by atoms with E-state index in [4.69, 9.17) is 32.4 Å². The summed E-state index contributed by atoms with van der Waals surface area (Å²) in [6.45, 7) is 8.18. The average molecular weight is 311 g/mol. The van der Waals surface area contributed by atoms with Gasteiger partial charge in [0.15, 0.2) is 0 Å². The molecule has 1 aliphatic rings. The van der Waals surface area contributed by atoms with Gasteiger partial charge < -0.3 is 20.8 Å². The Kier molecular flexibility index (Phi) is 4.30. The number of nitrogens with zero attached hydrogens (tertiary/aromatic N) is 2. The van der Waals surface area contributed by atoms with E-state index < -0.39 is 18.3 Å². The summed E-state index contributed by atoms with van der Waals surface area (Å²) < 4.78 is 11.9. The summed E-state index contributed by atoms with van der Waals surface area (Å²) in [6.07, 6.45) is 3.11. The Hall–Kier alpha value is -1.15. The molecule has 1 aromatic rings. The first-order chi connectivity index (χ1) is 9.66. The Morgan fingerprint density at radius 1 is 1.33 bits per heavy atom. The summed E-state index contributed by atoms with van der Waals surface area (Å²) in [7, 11) is -0.541. The summed E-state index contributed by atoms with van der Waals surface area (Å²) in [5.41, 5.74) is 11.9. The molecule has 1 fully saturated rings. The van der Waals surface area contributed by atoms with Gasteiger partial charge in [0.1, 0.15) is 16.7 Å². The van der Waals surface area contributed by atoms with Crippen molar-refractivity contribution in [3.63, 3.8) is 0 Å². The number of rotatable bonds is 3. The molecule has 114 valence electrons. The molecule has 0 radical (unpaired) electrons. The maximum atomic E-state index is 5.97. The van der Waals surface area contributed by atoms with Crippen LogP contribution in [0.2, 0.25) is 5.15 Å². The molecule has 0 aromatic carbocycles. The van der Waals surface area contributed by atoms with E-state index in [1.54, 1.807) is 6.08 Å². The Morgan fingerprint density at radius 2 is 1.90 bits per heavy atom. The van der Waals surface area contributed by atoms with Crippen LogP contribution in [0.15, 0.2) is 11.7 Å². The van der Waals surface area contributed by atoms with Crippen molar-refractivity contribution in [1.29, 1.82) is 0 Å². The molecule has 1 aliphatic heterocycles. The van der Waals surface area contributed by atoms with Gasteiger partial charge >= 0.3 is 7.12 Å². The maximum Gasteiger partial charge on any atom is 0.491 e. The second-order valence-corrected chi connectivity index (χ2v) is 6.36. The smallest absolute Gasteiger partial charge is 0.400 e. The van der Waals surface area contributed by atoms with Crippen molar-refractivity contribution in [2.24, 2.45) is 5.73 Å². The molecular weight excluding hydrogens is 290 g/mol. The highest BCUT2D eigenvalue weighted by Gasteiger charge is 2.52. The van der Waals surface area contributed by atoms with E-state index >= 15 is 0 Å². The van der Waals surface area contributed by atoms with Crippen LogP contribution in [0.3, 0.4) is 0 Å². The first-order valence-corrected chi connectivity index (χ1v) is 7.08. The van der Waals surface area contributed by atoms with E-state index in [0.29, 0.717) is 5.69 Å². The molecule has 0 unspecified atom stereocenters. The molecule has 0 atom stereocenters. The molecule has 1 saturated heterocycles. The standard InChI is InChI=1S/C13H20BClN4O2/c1-12(2)13(3,4)21-14(20-12)8(6-16)5-9-11(17)18-7-10(15)19-9/h5,7H,6,16H2,1-4H3,(H2,17,18). The summed E-state index contributed by atoms with van der Waals surface area (Å²) >= 11 is 5.84. The van der Waals surface area contributed by atoms with Crippen LogP contribution in [-0.2, 0) is 9.31 Å². The van der Waals surface area contributed by atoms with E-state index in [1.807, 2.05) is 27.7 Å². The monoisotopic (exact) mass is 310 g/mol. The molecular formula is C13H20BClN4O2. The molecule has 2 heterocycles. The predicted molar refractivity (Wildman–Crippen MR) is 84.6 cm³/mol. The van der Waals surface area contributed by atoms with Crippen LogP contribution in [0.5, 0.6) is 0 Å². The highest BCUT2D eigenvalue weighted by atomic mass is 35.5. The summed E-state index contributed by atoms with van der Waals surface area (Å²) in [4.78, 5) is 8.11. The van der Waals surface area contributed by atoms with E-state index in [9.17, 15) is 0 Å². The van der Waals surface area contributed by atoms with Crippen LogP contribution in [0, 0.1) is 0 Å². The van der Waals surface area contributed by atoms with Crippen LogP contribution in [0.4, 0.5) is 5.82 Å². The molecule has 2 rings (SSSR count). The van der Waals surface area contributed by atoms with E-state index in [-0.39, 0.29) is 17.5 Å². The van der Waals surface area contributed by atoms with E-state index in [2.05, 4.69) is 9.97 Å². The van der Waals surface area contributed by atoms with Crippen LogP contribution in [0.25, 0.3) is 6.08 Å². The molecule has 0 spiro atoms. The van der Waals surface area contributed by atoms with Crippen molar-refractivity contribution in [2.75, 3.05) is 12.3 Å². The zero-order chi connectivity index (χ0) is 15.8. The van der Waals surface area contributed by atoms with Gasteiger partial charge in [0.05, 0.1) is 17.4 Å².